The highest BCUT2D eigenvalue weighted by Gasteiger charge is 2.20. The molecule has 0 fully saturated rings. The number of fused-ring (bicyclic) bond motifs is 3. The zero-order chi connectivity index (χ0) is 24.4. The molecule has 2 aromatic carbocycles. The molecule has 1 aliphatic rings. The van der Waals surface area contributed by atoms with E-state index in [1.807, 2.05) is 36.4 Å². The van der Waals surface area contributed by atoms with E-state index in [4.69, 9.17) is 21.3 Å². The number of hydrogen-bond donors (Lipinski definition) is 3. The van der Waals surface area contributed by atoms with Gasteiger partial charge in [0.25, 0.3) is 0 Å². The van der Waals surface area contributed by atoms with Gasteiger partial charge in [-0.2, -0.15) is 9.97 Å². The summed E-state index contributed by atoms with van der Waals surface area (Å²) in [7, 11) is 0. The number of aliphatic carboxylic acids is 1. The number of nitrogen functional groups attached to an aromatic ring is 2. The van der Waals surface area contributed by atoms with Crippen LogP contribution in [0.25, 0.3) is 23.3 Å². The molecule has 1 aliphatic heterocycles. The van der Waals surface area contributed by atoms with Crippen molar-refractivity contribution < 1.29 is 14.6 Å². The number of benzene rings is 2. The Morgan fingerprint density at radius 2 is 1.80 bits per heavy atom. The molecule has 0 spiro atoms. The smallest absolute Gasteiger partial charge is 0.303 e. The van der Waals surface area contributed by atoms with Gasteiger partial charge in [0.05, 0.1) is 30.7 Å². The SMILES string of the molecule is Nc1nc(N)c2nc(CN3c4ccccc4C=Cc4ccc(OCCCC(=O)O)cc43)cnc2n1. The van der Waals surface area contributed by atoms with Crippen molar-refractivity contribution in [2.75, 3.05) is 23.0 Å². The minimum absolute atomic E-state index is 0.0504. The first kappa shape index (κ1) is 22.1. The fourth-order valence-electron chi connectivity index (χ4n) is 3.98. The lowest BCUT2D eigenvalue weighted by Crippen LogP contribution is -2.19. The lowest BCUT2D eigenvalue weighted by atomic mass is 10.1. The molecule has 5 rings (SSSR count). The molecule has 2 aromatic heterocycles. The van der Waals surface area contributed by atoms with Crippen LogP contribution in [-0.4, -0.2) is 37.6 Å². The second-order valence-corrected chi connectivity index (χ2v) is 8.05. The van der Waals surface area contributed by atoms with Crippen molar-refractivity contribution in [3.05, 3.63) is 65.5 Å². The molecule has 0 atom stereocenters. The molecule has 0 amide bonds. The van der Waals surface area contributed by atoms with Gasteiger partial charge >= 0.3 is 5.97 Å². The number of carbonyl (C=O) groups is 1. The Balaban J connectivity index is 1.52. The van der Waals surface area contributed by atoms with Crippen LogP contribution in [0.3, 0.4) is 0 Å². The van der Waals surface area contributed by atoms with E-state index in [9.17, 15) is 4.79 Å². The van der Waals surface area contributed by atoms with Crippen LogP contribution in [0.15, 0.2) is 48.7 Å². The summed E-state index contributed by atoms with van der Waals surface area (Å²) in [6.07, 6.45) is 6.28. The second kappa shape index (κ2) is 9.26. The number of aromatic nitrogens is 4. The highest BCUT2D eigenvalue weighted by atomic mass is 16.5. The topological polar surface area (TPSA) is 153 Å². The minimum Gasteiger partial charge on any atom is -0.494 e. The van der Waals surface area contributed by atoms with Crippen molar-refractivity contribution in [1.29, 1.82) is 0 Å². The van der Waals surface area contributed by atoms with Gasteiger partial charge in [-0.1, -0.05) is 30.4 Å². The molecule has 0 unspecified atom stereocenters. The first-order valence-electron chi connectivity index (χ1n) is 11.1. The van der Waals surface area contributed by atoms with Crippen molar-refractivity contribution in [3.8, 4) is 5.75 Å². The Morgan fingerprint density at radius 1 is 1.00 bits per heavy atom. The van der Waals surface area contributed by atoms with E-state index in [2.05, 4.69) is 43.1 Å². The van der Waals surface area contributed by atoms with Gasteiger partial charge in [-0.15, -0.1) is 0 Å². The van der Waals surface area contributed by atoms with Gasteiger partial charge < -0.3 is 26.2 Å². The lowest BCUT2D eigenvalue weighted by Gasteiger charge is -2.27. The third-order valence-corrected chi connectivity index (χ3v) is 5.59. The molecule has 0 saturated carbocycles. The summed E-state index contributed by atoms with van der Waals surface area (Å²) < 4.78 is 5.85. The maximum absolute atomic E-state index is 10.8. The maximum Gasteiger partial charge on any atom is 0.303 e. The molecule has 35 heavy (non-hydrogen) atoms. The maximum atomic E-state index is 10.8. The zero-order valence-corrected chi connectivity index (χ0v) is 18.8. The third-order valence-electron chi connectivity index (χ3n) is 5.59. The zero-order valence-electron chi connectivity index (χ0n) is 18.8. The highest BCUT2D eigenvalue weighted by Crippen LogP contribution is 2.39. The molecule has 5 N–H and O–H groups in total. The molecule has 0 radical (unpaired) electrons. The van der Waals surface area contributed by atoms with E-state index in [0.29, 0.717) is 42.2 Å². The molecule has 0 aliphatic carbocycles. The van der Waals surface area contributed by atoms with E-state index in [0.717, 1.165) is 22.5 Å². The Kier molecular flexibility index (Phi) is 5.84. The van der Waals surface area contributed by atoms with Crippen molar-refractivity contribution >= 4 is 52.4 Å². The molecule has 10 nitrogen and oxygen atoms in total. The Labute approximate surface area is 200 Å². The number of hydrogen-bond acceptors (Lipinski definition) is 9. The quantitative estimate of drug-likeness (QED) is 0.342. The number of nitrogens with zero attached hydrogens (tertiary/aromatic N) is 5. The molecule has 176 valence electrons. The number of carboxylic acid groups (broad SMARTS) is 1. The summed E-state index contributed by atoms with van der Waals surface area (Å²) in [6.45, 7) is 0.719. The van der Waals surface area contributed by atoms with E-state index in [1.165, 1.54) is 0 Å². The molecule has 3 heterocycles. The van der Waals surface area contributed by atoms with Crippen LogP contribution < -0.4 is 21.1 Å². The van der Waals surface area contributed by atoms with Crippen molar-refractivity contribution in [2.45, 2.75) is 19.4 Å². The number of anilines is 4. The van der Waals surface area contributed by atoms with Crippen molar-refractivity contribution in [3.63, 3.8) is 0 Å². The molecule has 0 bridgehead atoms. The normalized spacial score (nSPS) is 12.2. The summed E-state index contributed by atoms with van der Waals surface area (Å²) >= 11 is 0. The van der Waals surface area contributed by atoms with Crippen LogP contribution in [-0.2, 0) is 11.3 Å². The van der Waals surface area contributed by atoms with Gasteiger partial charge in [0.15, 0.2) is 17.0 Å². The average molecular weight is 470 g/mol. The van der Waals surface area contributed by atoms with Gasteiger partial charge in [0.1, 0.15) is 5.75 Å². The molecule has 10 heteroatoms. The minimum atomic E-state index is -0.839. The lowest BCUT2D eigenvalue weighted by molar-refractivity contribution is -0.137. The van der Waals surface area contributed by atoms with Crippen molar-refractivity contribution in [1.82, 2.24) is 19.9 Å². The Bertz CT molecular complexity index is 1450. The van der Waals surface area contributed by atoms with E-state index >= 15 is 0 Å². The third kappa shape index (κ3) is 4.67. The monoisotopic (exact) mass is 469 g/mol. The van der Waals surface area contributed by atoms with Crippen molar-refractivity contribution in [2.24, 2.45) is 0 Å². The van der Waals surface area contributed by atoms with Crippen LogP contribution in [0.4, 0.5) is 23.1 Å². The molecular weight excluding hydrogens is 446 g/mol. The second-order valence-electron chi connectivity index (χ2n) is 8.05. The van der Waals surface area contributed by atoms with Gasteiger partial charge in [-0.05, 0) is 35.7 Å². The fourth-order valence-corrected chi connectivity index (χ4v) is 3.98. The number of ether oxygens (including phenoxy) is 1. The van der Waals surface area contributed by atoms with E-state index in [1.54, 1.807) is 6.20 Å². The van der Waals surface area contributed by atoms with Gasteiger partial charge in [0.2, 0.25) is 5.95 Å². The number of rotatable bonds is 7. The average Bonchev–Trinajstić information content (AvgIpc) is 2.99. The molecule has 0 saturated heterocycles. The predicted molar refractivity (Wildman–Crippen MR) is 134 cm³/mol. The predicted octanol–water partition coefficient (Wildman–Crippen LogP) is 3.65. The summed E-state index contributed by atoms with van der Waals surface area (Å²) in [6, 6.07) is 13.9. The number of carboxylic acids is 1. The van der Waals surface area contributed by atoms with Gasteiger partial charge in [0, 0.05) is 18.2 Å². The first-order valence-corrected chi connectivity index (χ1v) is 11.1. The van der Waals surface area contributed by atoms with Crippen LogP contribution in [0.2, 0.25) is 0 Å². The van der Waals surface area contributed by atoms with Crippen LogP contribution in [0.1, 0.15) is 29.7 Å². The summed E-state index contributed by atoms with van der Waals surface area (Å²) in [5.74, 6) is 0.0462. The molecule has 4 aromatic rings. The number of nitrogens with two attached hydrogens (primary N) is 2. The van der Waals surface area contributed by atoms with E-state index < -0.39 is 5.97 Å². The Morgan fingerprint density at radius 3 is 2.63 bits per heavy atom. The fraction of sp³-hybridized carbons (Fsp3) is 0.160. The van der Waals surface area contributed by atoms with Crippen LogP contribution in [0, 0.1) is 0 Å². The first-order chi connectivity index (χ1) is 17.0. The van der Waals surface area contributed by atoms with E-state index in [-0.39, 0.29) is 18.2 Å². The largest absolute Gasteiger partial charge is 0.494 e. The number of para-hydroxylation sites is 1. The summed E-state index contributed by atoms with van der Waals surface area (Å²) in [4.78, 5) is 30.1. The van der Waals surface area contributed by atoms with Gasteiger partial charge in [-0.3, -0.25) is 4.79 Å². The summed E-state index contributed by atoms with van der Waals surface area (Å²) in [5, 5.41) is 8.86. The van der Waals surface area contributed by atoms with Crippen LogP contribution in [0.5, 0.6) is 5.75 Å². The standard InChI is InChI=1S/C25H23N7O3/c26-23-22-24(31-25(27)30-23)28-13-17(29-22)14-32-19-5-2-1-4-15(19)7-8-16-9-10-18(12-20(16)32)35-11-3-6-21(33)34/h1-2,4-5,7-10,12-13H,3,6,11,14H2,(H,33,34)(H4,26,27,28,30,31). The highest BCUT2D eigenvalue weighted by molar-refractivity contribution is 5.89. The Hall–Kier alpha value is -4.73. The van der Waals surface area contributed by atoms with Gasteiger partial charge in [-0.25, -0.2) is 9.97 Å². The molecular formula is C25H23N7O3. The summed E-state index contributed by atoms with van der Waals surface area (Å²) in [5.41, 5.74) is 17.1. The van der Waals surface area contributed by atoms with Crippen LogP contribution >= 0.6 is 0 Å².